The molecule has 8 nitrogen and oxygen atoms in total. The summed E-state index contributed by atoms with van der Waals surface area (Å²) >= 11 is 6.16. The molecule has 1 aromatic heterocycles. The first kappa shape index (κ1) is 22.9. The van der Waals surface area contributed by atoms with E-state index in [1.54, 1.807) is 48.5 Å². The monoisotopic (exact) mass is 455 g/mol. The van der Waals surface area contributed by atoms with Crippen LogP contribution >= 0.6 is 11.6 Å². The zero-order valence-corrected chi connectivity index (χ0v) is 18.0. The van der Waals surface area contributed by atoms with Gasteiger partial charge in [0.2, 0.25) is 0 Å². The second kappa shape index (κ2) is 10.0. The Kier molecular flexibility index (Phi) is 7.17. The number of aromatic nitrogens is 1. The van der Waals surface area contributed by atoms with Gasteiger partial charge in [0.25, 0.3) is 5.56 Å². The van der Waals surface area contributed by atoms with Crippen LogP contribution in [-0.2, 0) is 11.3 Å². The number of nitrogens with zero attached hydrogens (tertiary/aromatic N) is 1. The van der Waals surface area contributed by atoms with Crippen LogP contribution < -0.4 is 16.2 Å². The minimum atomic E-state index is -1.10. The van der Waals surface area contributed by atoms with E-state index in [9.17, 15) is 24.6 Å². The molecule has 3 rings (SSSR count). The van der Waals surface area contributed by atoms with Crippen LogP contribution in [0, 0.1) is 6.92 Å². The topological polar surface area (TPSA) is 121 Å². The van der Waals surface area contributed by atoms with Crippen molar-refractivity contribution in [2.24, 2.45) is 0 Å². The zero-order valence-electron chi connectivity index (χ0n) is 17.2. The molecule has 1 unspecified atom stereocenters. The zero-order chi connectivity index (χ0) is 23.3. The molecule has 0 aliphatic heterocycles. The van der Waals surface area contributed by atoms with Gasteiger partial charge in [-0.05, 0) is 30.2 Å². The molecule has 9 heteroatoms. The van der Waals surface area contributed by atoms with Crippen molar-refractivity contribution in [3.8, 4) is 5.75 Å². The maximum absolute atomic E-state index is 12.8. The number of rotatable bonds is 7. The number of hydrogen-bond donors (Lipinski definition) is 4. The number of halogens is 1. The van der Waals surface area contributed by atoms with E-state index < -0.39 is 29.4 Å². The normalized spacial score (nSPS) is 11.6. The van der Waals surface area contributed by atoms with E-state index in [1.165, 1.54) is 16.8 Å². The number of benzene rings is 2. The van der Waals surface area contributed by atoms with E-state index in [0.29, 0.717) is 16.1 Å². The first-order valence-electron chi connectivity index (χ1n) is 9.76. The fourth-order valence-electron chi connectivity index (χ4n) is 3.15. The van der Waals surface area contributed by atoms with E-state index in [-0.39, 0.29) is 18.7 Å². The number of urea groups is 1. The summed E-state index contributed by atoms with van der Waals surface area (Å²) in [5.41, 5.74) is 1.32. The van der Waals surface area contributed by atoms with E-state index in [4.69, 9.17) is 11.6 Å². The molecule has 0 spiro atoms. The first-order chi connectivity index (χ1) is 15.2. The van der Waals surface area contributed by atoms with Crippen molar-refractivity contribution in [1.29, 1.82) is 0 Å². The second-order valence-electron chi connectivity index (χ2n) is 7.26. The third kappa shape index (κ3) is 5.67. The number of aliphatic carboxylic acids is 1. The SMILES string of the molecule is Cc1ccc(C(CC(=O)O)NC(=O)Nc2c(O)ccn(Cc3ccccc3Cl)c2=O)cc1. The highest BCUT2D eigenvalue weighted by molar-refractivity contribution is 6.31. The molecule has 0 fully saturated rings. The van der Waals surface area contributed by atoms with Gasteiger partial charge in [0.05, 0.1) is 19.0 Å². The third-order valence-corrected chi connectivity index (χ3v) is 5.21. The maximum atomic E-state index is 12.8. The summed E-state index contributed by atoms with van der Waals surface area (Å²) in [7, 11) is 0. The predicted molar refractivity (Wildman–Crippen MR) is 121 cm³/mol. The molecule has 0 saturated carbocycles. The van der Waals surface area contributed by atoms with Gasteiger partial charge in [-0.25, -0.2) is 4.79 Å². The van der Waals surface area contributed by atoms with Crippen molar-refractivity contribution in [3.05, 3.63) is 92.9 Å². The summed E-state index contributed by atoms with van der Waals surface area (Å²) in [5.74, 6) is -1.51. The fourth-order valence-corrected chi connectivity index (χ4v) is 3.35. The van der Waals surface area contributed by atoms with Gasteiger partial charge in [0.1, 0.15) is 5.75 Å². The fraction of sp³-hybridized carbons (Fsp3) is 0.174. The third-order valence-electron chi connectivity index (χ3n) is 4.84. The number of carboxylic acids is 1. The number of aromatic hydroxyl groups is 1. The molecule has 0 aliphatic rings. The number of anilines is 1. The Bertz CT molecular complexity index is 1190. The molecule has 2 amide bonds. The predicted octanol–water partition coefficient (Wildman–Crippen LogP) is 3.90. The van der Waals surface area contributed by atoms with Crippen LogP contribution in [-0.4, -0.2) is 26.8 Å². The van der Waals surface area contributed by atoms with Gasteiger partial charge in [0, 0.05) is 11.2 Å². The van der Waals surface area contributed by atoms with Crippen molar-refractivity contribution in [2.75, 3.05) is 5.32 Å². The van der Waals surface area contributed by atoms with E-state index in [0.717, 1.165) is 5.56 Å². The molecule has 0 saturated heterocycles. The van der Waals surface area contributed by atoms with Gasteiger partial charge < -0.3 is 25.4 Å². The smallest absolute Gasteiger partial charge is 0.319 e. The van der Waals surface area contributed by atoms with Gasteiger partial charge >= 0.3 is 12.0 Å². The number of pyridine rings is 1. The second-order valence-corrected chi connectivity index (χ2v) is 7.67. The summed E-state index contributed by atoms with van der Waals surface area (Å²) in [4.78, 5) is 36.7. The Morgan fingerprint density at radius 3 is 2.44 bits per heavy atom. The van der Waals surface area contributed by atoms with E-state index in [2.05, 4.69) is 10.6 Å². The Morgan fingerprint density at radius 1 is 1.09 bits per heavy atom. The maximum Gasteiger partial charge on any atom is 0.319 e. The highest BCUT2D eigenvalue weighted by Crippen LogP contribution is 2.21. The van der Waals surface area contributed by atoms with Gasteiger partial charge in [-0.15, -0.1) is 0 Å². The van der Waals surface area contributed by atoms with Crippen molar-refractivity contribution < 1.29 is 19.8 Å². The average molecular weight is 456 g/mol. The lowest BCUT2D eigenvalue weighted by atomic mass is 10.0. The summed E-state index contributed by atoms with van der Waals surface area (Å²) in [6.45, 7) is 2.03. The lowest BCUT2D eigenvalue weighted by Gasteiger charge is -2.18. The van der Waals surface area contributed by atoms with Crippen molar-refractivity contribution in [1.82, 2.24) is 9.88 Å². The quantitative estimate of drug-likeness (QED) is 0.430. The number of amides is 2. The van der Waals surface area contributed by atoms with Gasteiger partial charge in [-0.1, -0.05) is 59.6 Å². The molecule has 2 aromatic carbocycles. The number of carboxylic acid groups (broad SMARTS) is 1. The molecule has 166 valence electrons. The van der Waals surface area contributed by atoms with Crippen LogP contribution in [0.25, 0.3) is 0 Å². The highest BCUT2D eigenvalue weighted by atomic mass is 35.5. The lowest BCUT2D eigenvalue weighted by Crippen LogP contribution is -2.36. The molecule has 1 atom stereocenters. The van der Waals surface area contributed by atoms with Crippen molar-refractivity contribution >= 4 is 29.3 Å². The molecular formula is C23H22ClN3O5. The molecule has 3 aromatic rings. The standard InChI is InChI=1S/C23H22ClN3O5/c1-14-6-8-15(9-7-14)18(12-20(29)30)25-23(32)26-21-19(28)10-11-27(22(21)31)13-16-4-2-3-5-17(16)24/h2-11,18,28H,12-13H2,1H3,(H,29,30)(H2,25,26,32). The number of nitrogens with one attached hydrogen (secondary N) is 2. The number of aryl methyl sites for hydroxylation is 1. The largest absolute Gasteiger partial charge is 0.505 e. The molecule has 0 aliphatic carbocycles. The van der Waals surface area contributed by atoms with E-state index >= 15 is 0 Å². The Morgan fingerprint density at radius 2 is 1.78 bits per heavy atom. The Hall–Kier alpha value is -3.78. The Balaban J connectivity index is 1.81. The van der Waals surface area contributed by atoms with Crippen LogP contribution in [0.2, 0.25) is 5.02 Å². The van der Waals surface area contributed by atoms with Gasteiger partial charge in [-0.2, -0.15) is 0 Å². The summed E-state index contributed by atoms with van der Waals surface area (Å²) < 4.78 is 1.30. The van der Waals surface area contributed by atoms with Crippen LogP contribution in [0.1, 0.15) is 29.2 Å². The molecular weight excluding hydrogens is 434 g/mol. The highest BCUT2D eigenvalue weighted by Gasteiger charge is 2.20. The van der Waals surface area contributed by atoms with Crippen molar-refractivity contribution in [3.63, 3.8) is 0 Å². The van der Waals surface area contributed by atoms with Crippen LogP contribution in [0.15, 0.2) is 65.6 Å². The molecule has 0 radical (unpaired) electrons. The minimum absolute atomic E-state index is 0.139. The molecule has 32 heavy (non-hydrogen) atoms. The number of carbonyl (C=O) groups excluding carboxylic acids is 1. The van der Waals surface area contributed by atoms with Crippen LogP contribution in [0.5, 0.6) is 5.75 Å². The molecule has 0 bridgehead atoms. The van der Waals surface area contributed by atoms with Crippen LogP contribution in [0.4, 0.5) is 10.5 Å². The average Bonchev–Trinajstić information content (AvgIpc) is 2.74. The number of hydrogen-bond acceptors (Lipinski definition) is 4. The summed E-state index contributed by atoms with van der Waals surface area (Å²) in [6, 6.07) is 13.7. The molecule has 1 heterocycles. The lowest BCUT2D eigenvalue weighted by molar-refractivity contribution is -0.137. The Labute approximate surface area is 189 Å². The summed E-state index contributed by atoms with van der Waals surface area (Å²) in [5, 5.41) is 24.7. The van der Waals surface area contributed by atoms with Crippen molar-refractivity contribution in [2.45, 2.75) is 25.9 Å². The minimum Gasteiger partial charge on any atom is -0.505 e. The molecule has 4 N–H and O–H groups in total. The first-order valence-corrected chi connectivity index (χ1v) is 10.1. The van der Waals surface area contributed by atoms with E-state index in [1.807, 2.05) is 6.92 Å². The van der Waals surface area contributed by atoms with Gasteiger partial charge in [-0.3, -0.25) is 9.59 Å². The van der Waals surface area contributed by atoms with Gasteiger partial charge in [0.15, 0.2) is 5.69 Å². The summed E-state index contributed by atoms with van der Waals surface area (Å²) in [6.07, 6.45) is 1.04. The number of carbonyl (C=O) groups is 2. The van der Waals surface area contributed by atoms with Crippen LogP contribution in [0.3, 0.4) is 0 Å².